The molecule has 0 saturated carbocycles. The van der Waals surface area contributed by atoms with Crippen LogP contribution in [0, 0.1) is 10.1 Å². The highest BCUT2D eigenvalue weighted by atomic mass is 16.6. The molecule has 9 heteroatoms. The minimum absolute atomic E-state index is 0.0149. The zero-order valence-corrected chi connectivity index (χ0v) is 11.2. The molecule has 1 rings (SSSR count). The molecule has 0 saturated heterocycles. The molecule has 21 heavy (non-hydrogen) atoms. The number of hydrogen-bond acceptors (Lipinski definition) is 6. The Morgan fingerprint density at radius 1 is 1.38 bits per heavy atom. The lowest BCUT2D eigenvalue weighted by molar-refractivity contribution is -0.383. The van der Waals surface area contributed by atoms with Gasteiger partial charge in [-0.05, 0) is 30.9 Å². The van der Waals surface area contributed by atoms with Gasteiger partial charge in [0.1, 0.15) is 5.69 Å². The Morgan fingerprint density at radius 2 is 2.14 bits per heavy atom. The Hall–Kier alpha value is -2.80. The predicted octanol–water partition coefficient (Wildman–Crippen LogP) is 2.26. The Kier molecular flexibility index (Phi) is 6.49. The van der Waals surface area contributed by atoms with Gasteiger partial charge in [-0.2, -0.15) is 0 Å². The number of hydrogen-bond donors (Lipinski definition) is 1. The number of rotatable bonds is 9. The van der Waals surface area contributed by atoms with Gasteiger partial charge in [0.05, 0.1) is 4.92 Å². The van der Waals surface area contributed by atoms with Crippen molar-refractivity contribution in [1.29, 1.82) is 0 Å². The fourth-order valence-corrected chi connectivity index (χ4v) is 1.73. The quantitative estimate of drug-likeness (QED) is 0.185. The number of azide groups is 1. The van der Waals surface area contributed by atoms with E-state index in [9.17, 15) is 20.0 Å². The van der Waals surface area contributed by atoms with Crippen LogP contribution in [0.15, 0.2) is 23.3 Å². The summed E-state index contributed by atoms with van der Waals surface area (Å²) in [6, 6.07) is 4.15. The molecule has 0 bridgehead atoms. The molecule has 0 aromatic heterocycles. The molecule has 0 unspecified atom stereocenters. The minimum atomic E-state index is -1.08. The molecule has 0 amide bonds. The maximum atomic E-state index is 10.9. The largest absolute Gasteiger partial charge is 0.550 e. The molecular weight excluding hydrogens is 278 g/mol. The van der Waals surface area contributed by atoms with Crippen LogP contribution in [0.4, 0.5) is 17.1 Å². The summed E-state index contributed by atoms with van der Waals surface area (Å²) in [5, 5.41) is 27.4. The van der Waals surface area contributed by atoms with Gasteiger partial charge in [-0.15, -0.1) is 0 Å². The third kappa shape index (κ3) is 5.79. The molecular formula is C12H14N5O4-. The first kappa shape index (κ1) is 16.3. The van der Waals surface area contributed by atoms with Crippen LogP contribution < -0.4 is 10.4 Å². The second-order valence-corrected chi connectivity index (χ2v) is 4.26. The number of nitrogens with zero attached hydrogens (tertiary/aromatic N) is 4. The highest BCUT2D eigenvalue weighted by Gasteiger charge is 2.13. The van der Waals surface area contributed by atoms with E-state index in [1.165, 1.54) is 18.2 Å². The summed E-state index contributed by atoms with van der Waals surface area (Å²) >= 11 is 0. The first-order valence-electron chi connectivity index (χ1n) is 6.32. The van der Waals surface area contributed by atoms with E-state index in [1.807, 2.05) is 0 Å². The lowest BCUT2D eigenvalue weighted by Crippen LogP contribution is -2.21. The van der Waals surface area contributed by atoms with Crippen molar-refractivity contribution >= 4 is 23.0 Å². The summed E-state index contributed by atoms with van der Waals surface area (Å²) < 4.78 is 0. The number of benzene rings is 1. The zero-order chi connectivity index (χ0) is 15.7. The van der Waals surface area contributed by atoms with Crippen LogP contribution in [-0.2, 0) is 4.79 Å². The normalized spacial score (nSPS) is 9.71. The van der Waals surface area contributed by atoms with Crippen molar-refractivity contribution in [2.75, 3.05) is 11.9 Å². The molecule has 0 aliphatic heterocycles. The van der Waals surface area contributed by atoms with E-state index in [0.717, 1.165) is 0 Å². The molecule has 1 aromatic carbocycles. The number of carboxylic acid groups (broad SMARTS) is 1. The Balaban J connectivity index is 2.56. The summed E-state index contributed by atoms with van der Waals surface area (Å²) in [5.41, 5.74) is 8.64. The van der Waals surface area contributed by atoms with Crippen molar-refractivity contribution in [2.24, 2.45) is 5.11 Å². The van der Waals surface area contributed by atoms with Gasteiger partial charge in [0.25, 0.3) is 5.69 Å². The van der Waals surface area contributed by atoms with Crippen molar-refractivity contribution in [2.45, 2.75) is 25.7 Å². The van der Waals surface area contributed by atoms with Crippen LogP contribution in [0.3, 0.4) is 0 Å². The molecule has 0 fully saturated rings. The van der Waals surface area contributed by atoms with E-state index in [-0.39, 0.29) is 17.8 Å². The maximum absolute atomic E-state index is 10.9. The number of unbranched alkanes of at least 4 members (excludes halogenated alkanes) is 2. The first-order valence-corrected chi connectivity index (χ1v) is 6.32. The summed E-state index contributed by atoms with van der Waals surface area (Å²) in [6.45, 7) is 0.481. The SMILES string of the molecule is [N-]=[N+]=Nc1ccc(NCCCCCC(=O)[O-])c([N+](=O)[O-])c1. The molecule has 0 radical (unpaired) electrons. The number of carboxylic acids is 1. The monoisotopic (exact) mass is 292 g/mol. The molecule has 0 aliphatic carbocycles. The van der Waals surface area contributed by atoms with Crippen molar-refractivity contribution in [3.05, 3.63) is 38.8 Å². The minimum Gasteiger partial charge on any atom is -0.550 e. The number of nitrogens with one attached hydrogen (secondary N) is 1. The van der Waals surface area contributed by atoms with Crippen LogP contribution in [0.25, 0.3) is 10.4 Å². The standard InChI is InChI=1S/C12H15N5O4/c13-16-15-9-5-6-10(11(8-9)17(20)21)14-7-3-1-2-4-12(18)19/h5-6,8,14H,1-4,7H2,(H,18,19)/p-1. The summed E-state index contributed by atoms with van der Waals surface area (Å²) in [7, 11) is 0. The topological polar surface area (TPSA) is 144 Å². The lowest BCUT2D eigenvalue weighted by atomic mass is 10.2. The van der Waals surface area contributed by atoms with Crippen LogP contribution in [0.1, 0.15) is 25.7 Å². The first-order chi connectivity index (χ1) is 10.0. The number of carbonyl (C=O) groups excluding carboxylic acids is 1. The smallest absolute Gasteiger partial charge is 0.292 e. The van der Waals surface area contributed by atoms with Gasteiger partial charge in [0, 0.05) is 29.2 Å². The average Bonchev–Trinajstić information content (AvgIpc) is 2.43. The Bertz CT molecular complexity index is 569. The zero-order valence-electron chi connectivity index (χ0n) is 11.2. The van der Waals surface area contributed by atoms with Crippen LogP contribution in [-0.4, -0.2) is 17.4 Å². The van der Waals surface area contributed by atoms with E-state index >= 15 is 0 Å². The molecule has 1 aromatic rings. The fourth-order valence-electron chi connectivity index (χ4n) is 1.73. The van der Waals surface area contributed by atoms with Crippen molar-refractivity contribution < 1.29 is 14.8 Å². The third-order valence-corrected chi connectivity index (χ3v) is 2.71. The van der Waals surface area contributed by atoms with E-state index in [0.29, 0.717) is 31.5 Å². The maximum Gasteiger partial charge on any atom is 0.292 e. The molecule has 112 valence electrons. The summed E-state index contributed by atoms with van der Waals surface area (Å²) in [5.74, 6) is -1.08. The van der Waals surface area contributed by atoms with Gasteiger partial charge in [-0.25, -0.2) is 0 Å². The fraction of sp³-hybridized carbons (Fsp3) is 0.417. The molecule has 0 heterocycles. The molecule has 0 atom stereocenters. The average molecular weight is 292 g/mol. The van der Waals surface area contributed by atoms with Crippen molar-refractivity contribution in [1.82, 2.24) is 0 Å². The van der Waals surface area contributed by atoms with Crippen molar-refractivity contribution in [3.63, 3.8) is 0 Å². The molecule has 0 spiro atoms. The highest BCUT2D eigenvalue weighted by molar-refractivity contribution is 5.66. The Morgan fingerprint density at radius 3 is 2.76 bits per heavy atom. The van der Waals surface area contributed by atoms with Gasteiger partial charge in [-0.1, -0.05) is 17.6 Å². The van der Waals surface area contributed by atoms with Gasteiger partial charge in [0.15, 0.2) is 0 Å². The number of carbonyl (C=O) groups is 1. The second-order valence-electron chi connectivity index (χ2n) is 4.26. The van der Waals surface area contributed by atoms with Gasteiger partial charge < -0.3 is 15.2 Å². The van der Waals surface area contributed by atoms with Crippen LogP contribution in [0.2, 0.25) is 0 Å². The molecule has 9 nitrogen and oxygen atoms in total. The second kappa shape index (κ2) is 8.39. The van der Waals surface area contributed by atoms with E-state index in [1.54, 1.807) is 0 Å². The predicted molar refractivity (Wildman–Crippen MR) is 73.9 cm³/mol. The lowest BCUT2D eigenvalue weighted by Gasteiger charge is -2.07. The number of anilines is 1. The van der Waals surface area contributed by atoms with Gasteiger partial charge in [0.2, 0.25) is 0 Å². The highest BCUT2D eigenvalue weighted by Crippen LogP contribution is 2.29. The van der Waals surface area contributed by atoms with Gasteiger partial charge >= 0.3 is 0 Å². The van der Waals surface area contributed by atoms with Crippen LogP contribution >= 0.6 is 0 Å². The number of nitro groups is 1. The summed E-state index contributed by atoms with van der Waals surface area (Å²) in [4.78, 5) is 23.2. The van der Waals surface area contributed by atoms with E-state index in [2.05, 4.69) is 15.3 Å². The van der Waals surface area contributed by atoms with Crippen molar-refractivity contribution in [3.8, 4) is 0 Å². The Labute approximate surface area is 120 Å². The number of aliphatic carboxylic acids is 1. The van der Waals surface area contributed by atoms with Crippen LogP contribution in [0.5, 0.6) is 0 Å². The van der Waals surface area contributed by atoms with E-state index in [4.69, 9.17) is 5.53 Å². The third-order valence-electron chi connectivity index (χ3n) is 2.71. The van der Waals surface area contributed by atoms with E-state index < -0.39 is 10.9 Å². The van der Waals surface area contributed by atoms with Gasteiger partial charge in [-0.3, -0.25) is 10.1 Å². The molecule has 0 aliphatic rings. The molecule has 1 N–H and O–H groups in total. The number of nitro benzene ring substituents is 1. The summed E-state index contributed by atoms with van der Waals surface area (Å²) in [6.07, 6.45) is 1.90.